The molecule has 0 heterocycles. The van der Waals surface area contributed by atoms with Crippen LogP contribution in [-0.2, 0) is 16.4 Å². The molecule has 2 N–H and O–H groups in total. The van der Waals surface area contributed by atoms with Gasteiger partial charge in [0, 0.05) is 6.54 Å². The normalized spacial score (nSPS) is 12.8. The quantitative estimate of drug-likeness (QED) is 0.773. The SMILES string of the molecule is CCOc1ccc(S(=O)(=O)NC[C@H](O)Cc2ccccc2)cc1. The third-order valence-corrected chi connectivity index (χ3v) is 4.71. The van der Waals surface area contributed by atoms with Crippen molar-refractivity contribution in [1.29, 1.82) is 0 Å². The summed E-state index contributed by atoms with van der Waals surface area (Å²) < 4.78 is 32.1. The molecule has 5 nitrogen and oxygen atoms in total. The van der Waals surface area contributed by atoms with E-state index in [1.54, 1.807) is 12.1 Å². The summed E-state index contributed by atoms with van der Waals surface area (Å²) in [6.07, 6.45) is -0.387. The Kier molecular flexibility index (Phi) is 6.15. The molecule has 0 spiro atoms. The van der Waals surface area contributed by atoms with Crippen molar-refractivity contribution < 1.29 is 18.3 Å². The molecule has 0 bridgehead atoms. The maximum atomic E-state index is 12.2. The van der Waals surface area contributed by atoms with Gasteiger partial charge in [-0.05, 0) is 43.2 Å². The molecule has 0 aliphatic heterocycles. The van der Waals surface area contributed by atoms with E-state index in [1.165, 1.54) is 12.1 Å². The van der Waals surface area contributed by atoms with Crippen LogP contribution in [0.2, 0.25) is 0 Å². The van der Waals surface area contributed by atoms with Gasteiger partial charge in [0.2, 0.25) is 10.0 Å². The van der Waals surface area contributed by atoms with Crippen molar-refractivity contribution in [2.24, 2.45) is 0 Å². The first-order valence-corrected chi connectivity index (χ1v) is 8.94. The number of aliphatic hydroxyl groups excluding tert-OH is 1. The number of aliphatic hydroxyl groups is 1. The maximum absolute atomic E-state index is 12.2. The number of hydrogen-bond acceptors (Lipinski definition) is 4. The first kappa shape index (κ1) is 17.5. The van der Waals surface area contributed by atoms with E-state index in [-0.39, 0.29) is 11.4 Å². The third kappa shape index (κ3) is 5.35. The van der Waals surface area contributed by atoms with E-state index in [0.29, 0.717) is 18.8 Å². The Morgan fingerprint density at radius 3 is 2.35 bits per heavy atom. The molecule has 0 saturated heterocycles. The van der Waals surface area contributed by atoms with Gasteiger partial charge in [-0.1, -0.05) is 30.3 Å². The Bertz CT molecular complexity index is 699. The van der Waals surface area contributed by atoms with E-state index in [0.717, 1.165) is 5.56 Å². The van der Waals surface area contributed by atoms with Gasteiger partial charge in [-0.2, -0.15) is 0 Å². The summed E-state index contributed by atoms with van der Waals surface area (Å²) in [5.41, 5.74) is 0.959. The van der Waals surface area contributed by atoms with E-state index < -0.39 is 16.1 Å². The number of hydrogen-bond donors (Lipinski definition) is 2. The summed E-state index contributed by atoms with van der Waals surface area (Å²) in [6, 6.07) is 15.6. The Morgan fingerprint density at radius 2 is 1.74 bits per heavy atom. The molecule has 0 aliphatic carbocycles. The van der Waals surface area contributed by atoms with Gasteiger partial charge in [0.25, 0.3) is 0 Å². The van der Waals surface area contributed by atoms with E-state index in [4.69, 9.17) is 4.74 Å². The van der Waals surface area contributed by atoms with Crippen molar-refractivity contribution in [3.63, 3.8) is 0 Å². The van der Waals surface area contributed by atoms with Crippen molar-refractivity contribution in [2.75, 3.05) is 13.2 Å². The lowest BCUT2D eigenvalue weighted by molar-refractivity contribution is 0.179. The van der Waals surface area contributed by atoms with Gasteiger partial charge in [-0.25, -0.2) is 13.1 Å². The zero-order valence-electron chi connectivity index (χ0n) is 13.0. The highest BCUT2D eigenvalue weighted by Gasteiger charge is 2.16. The summed E-state index contributed by atoms with van der Waals surface area (Å²) in [7, 11) is -3.64. The molecule has 2 rings (SSSR count). The molecular formula is C17H21NO4S. The van der Waals surface area contributed by atoms with E-state index in [9.17, 15) is 13.5 Å². The van der Waals surface area contributed by atoms with E-state index in [1.807, 2.05) is 37.3 Å². The van der Waals surface area contributed by atoms with Crippen LogP contribution in [0.4, 0.5) is 0 Å². The molecule has 1 atom stereocenters. The van der Waals surface area contributed by atoms with Crippen molar-refractivity contribution in [2.45, 2.75) is 24.3 Å². The summed E-state index contributed by atoms with van der Waals surface area (Å²) in [6.45, 7) is 2.35. The summed E-state index contributed by atoms with van der Waals surface area (Å²) in [5, 5.41) is 9.98. The molecule has 0 fully saturated rings. The zero-order valence-corrected chi connectivity index (χ0v) is 13.8. The molecule has 0 amide bonds. The summed E-state index contributed by atoms with van der Waals surface area (Å²) in [5.74, 6) is 0.621. The lowest BCUT2D eigenvalue weighted by Gasteiger charge is -2.13. The van der Waals surface area contributed by atoms with Crippen molar-refractivity contribution in [1.82, 2.24) is 4.72 Å². The molecule has 0 radical (unpaired) electrons. The topological polar surface area (TPSA) is 75.6 Å². The minimum atomic E-state index is -3.64. The van der Waals surface area contributed by atoms with Crippen LogP contribution in [0.25, 0.3) is 0 Å². The van der Waals surface area contributed by atoms with Crippen LogP contribution >= 0.6 is 0 Å². The number of rotatable bonds is 8. The van der Waals surface area contributed by atoms with Gasteiger partial charge in [-0.3, -0.25) is 0 Å². The van der Waals surface area contributed by atoms with Crippen molar-refractivity contribution in [3.05, 3.63) is 60.2 Å². The Hall–Kier alpha value is -1.89. The second-order valence-electron chi connectivity index (χ2n) is 5.10. The van der Waals surface area contributed by atoms with Gasteiger partial charge in [-0.15, -0.1) is 0 Å². The first-order valence-electron chi connectivity index (χ1n) is 7.46. The third-order valence-electron chi connectivity index (χ3n) is 3.27. The van der Waals surface area contributed by atoms with Gasteiger partial charge in [0.15, 0.2) is 0 Å². The standard InChI is InChI=1S/C17H21NO4S/c1-2-22-16-8-10-17(11-9-16)23(20,21)18-13-15(19)12-14-6-4-3-5-7-14/h3-11,15,18-19H,2,12-13H2,1H3/t15-/m1/s1. The fourth-order valence-electron chi connectivity index (χ4n) is 2.13. The lowest BCUT2D eigenvalue weighted by Crippen LogP contribution is -2.33. The largest absolute Gasteiger partial charge is 0.494 e. The van der Waals surface area contributed by atoms with Gasteiger partial charge in [0.1, 0.15) is 5.75 Å². The average Bonchev–Trinajstić information content (AvgIpc) is 2.55. The highest BCUT2D eigenvalue weighted by atomic mass is 32.2. The predicted molar refractivity (Wildman–Crippen MR) is 89.0 cm³/mol. The number of nitrogens with one attached hydrogen (secondary N) is 1. The molecule has 0 aliphatic rings. The highest BCUT2D eigenvalue weighted by Crippen LogP contribution is 2.15. The molecule has 23 heavy (non-hydrogen) atoms. The van der Waals surface area contributed by atoms with Crippen LogP contribution in [0.15, 0.2) is 59.5 Å². The molecular weight excluding hydrogens is 314 g/mol. The molecule has 0 unspecified atom stereocenters. The molecule has 2 aromatic rings. The number of sulfonamides is 1. The minimum absolute atomic E-state index is 0.0373. The fraction of sp³-hybridized carbons (Fsp3) is 0.294. The highest BCUT2D eigenvalue weighted by molar-refractivity contribution is 7.89. The minimum Gasteiger partial charge on any atom is -0.494 e. The van der Waals surface area contributed by atoms with Gasteiger partial charge < -0.3 is 9.84 Å². The van der Waals surface area contributed by atoms with Crippen LogP contribution in [0, 0.1) is 0 Å². The number of benzene rings is 2. The monoisotopic (exact) mass is 335 g/mol. The molecule has 6 heteroatoms. The van der Waals surface area contributed by atoms with Crippen LogP contribution in [0.3, 0.4) is 0 Å². The van der Waals surface area contributed by atoms with Crippen LogP contribution in [-0.4, -0.2) is 32.8 Å². The van der Waals surface area contributed by atoms with E-state index in [2.05, 4.69) is 4.72 Å². The predicted octanol–water partition coefficient (Wildman–Crippen LogP) is 1.97. The van der Waals surface area contributed by atoms with Crippen molar-refractivity contribution in [3.8, 4) is 5.75 Å². The zero-order chi connectivity index (χ0) is 16.7. The first-order chi connectivity index (χ1) is 11.0. The molecule has 0 saturated carbocycles. The second-order valence-corrected chi connectivity index (χ2v) is 6.87. The fourth-order valence-corrected chi connectivity index (χ4v) is 3.20. The average molecular weight is 335 g/mol. The summed E-state index contributed by atoms with van der Waals surface area (Å²) >= 11 is 0. The Labute approximate surface area is 137 Å². The molecule has 124 valence electrons. The van der Waals surface area contributed by atoms with Crippen LogP contribution in [0.5, 0.6) is 5.75 Å². The van der Waals surface area contributed by atoms with Crippen LogP contribution in [0.1, 0.15) is 12.5 Å². The van der Waals surface area contributed by atoms with E-state index >= 15 is 0 Å². The van der Waals surface area contributed by atoms with Crippen molar-refractivity contribution >= 4 is 10.0 Å². The smallest absolute Gasteiger partial charge is 0.240 e. The Balaban J connectivity index is 1.92. The number of ether oxygens (including phenoxy) is 1. The maximum Gasteiger partial charge on any atom is 0.240 e. The Morgan fingerprint density at radius 1 is 1.09 bits per heavy atom. The summed E-state index contributed by atoms with van der Waals surface area (Å²) in [4.78, 5) is 0.146. The van der Waals surface area contributed by atoms with Gasteiger partial charge >= 0.3 is 0 Å². The lowest BCUT2D eigenvalue weighted by atomic mass is 10.1. The van der Waals surface area contributed by atoms with Crippen LogP contribution < -0.4 is 9.46 Å². The molecule has 2 aromatic carbocycles. The molecule has 0 aromatic heterocycles. The van der Waals surface area contributed by atoms with Gasteiger partial charge in [0.05, 0.1) is 17.6 Å². The second kappa shape index (κ2) is 8.10.